The first-order valence-electron chi connectivity index (χ1n) is 8.41. The van der Waals surface area contributed by atoms with Crippen LogP contribution in [0.3, 0.4) is 0 Å². The molecule has 2 fully saturated rings. The van der Waals surface area contributed by atoms with Crippen molar-refractivity contribution in [2.24, 2.45) is 0 Å². The highest BCUT2D eigenvalue weighted by Crippen LogP contribution is 2.40. The number of carbonyl (C=O) groups is 1. The number of carbonyl (C=O) groups excluding carboxylic acids is 1. The second-order valence-electron chi connectivity index (χ2n) is 7.69. The van der Waals surface area contributed by atoms with Crippen LogP contribution >= 0.6 is 0 Å². The van der Waals surface area contributed by atoms with E-state index >= 15 is 0 Å². The van der Waals surface area contributed by atoms with E-state index in [0.29, 0.717) is 31.7 Å². The summed E-state index contributed by atoms with van der Waals surface area (Å²) in [6, 6.07) is 6.45. The van der Waals surface area contributed by atoms with E-state index in [0.717, 1.165) is 0 Å². The predicted molar refractivity (Wildman–Crippen MR) is 88.6 cm³/mol. The van der Waals surface area contributed by atoms with Gasteiger partial charge in [0.2, 0.25) is 0 Å². The van der Waals surface area contributed by atoms with Crippen LogP contribution in [0, 0.1) is 11.3 Å². The SMILES string of the molecule is CC(C)(C)OC(=O)N1C2COCC1CC(O)(c1cccc(C#N)n1)C2. The Morgan fingerprint density at radius 2 is 2.04 bits per heavy atom. The van der Waals surface area contributed by atoms with Gasteiger partial charge in [-0.1, -0.05) is 6.07 Å². The standard InChI is InChI=1S/C18H23N3O4/c1-17(2,3)25-16(22)21-13-7-18(23,8-14(21)11-24-10-13)15-6-4-5-12(9-19)20-15/h4-6,13-14,23H,7-8,10-11H2,1-3H3. The Labute approximate surface area is 147 Å². The van der Waals surface area contributed by atoms with Crippen LogP contribution in [0.4, 0.5) is 4.79 Å². The largest absolute Gasteiger partial charge is 0.444 e. The molecule has 3 rings (SSSR count). The van der Waals surface area contributed by atoms with Crippen LogP contribution in [0.5, 0.6) is 0 Å². The number of piperidine rings is 1. The summed E-state index contributed by atoms with van der Waals surface area (Å²) >= 11 is 0. The van der Waals surface area contributed by atoms with Gasteiger partial charge in [0.25, 0.3) is 0 Å². The molecule has 1 aromatic rings. The van der Waals surface area contributed by atoms with E-state index in [-0.39, 0.29) is 23.9 Å². The topological polar surface area (TPSA) is 95.7 Å². The molecule has 7 nitrogen and oxygen atoms in total. The number of hydrogen-bond donors (Lipinski definition) is 1. The Morgan fingerprint density at radius 1 is 1.40 bits per heavy atom. The first-order chi connectivity index (χ1) is 11.7. The number of morpholine rings is 1. The molecule has 0 spiro atoms. The minimum absolute atomic E-state index is 0.266. The summed E-state index contributed by atoms with van der Waals surface area (Å²) in [4.78, 5) is 18.5. The Balaban J connectivity index is 1.85. The molecule has 7 heteroatoms. The van der Waals surface area contributed by atoms with Gasteiger partial charge in [-0.3, -0.25) is 4.90 Å². The molecule has 2 bridgehead atoms. The molecule has 0 saturated carbocycles. The van der Waals surface area contributed by atoms with Crippen LogP contribution in [0.25, 0.3) is 0 Å². The van der Waals surface area contributed by atoms with E-state index in [2.05, 4.69) is 4.98 Å². The fourth-order valence-electron chi connectivity index (χ4n) is 3.55. The molecule has 1 amide bonds. The number of hydrogen-bond acceptors (Lipinski definition) is 6. The van der Waals surface area contributed by atoms with Gasteiger partial charge in [-0.05, 0) is 32.9 Å². The number of fused-ring (bicyclic) bond motifs is 2. The Bertz CT molecular complexity index is 693. The molecule has 2 aliphatic rings. The van der Waals surface area contributed by atoms with Gasteiger partial charge in [-0.25, -0.2) is 9.78 Å². The normalized spacial score (nSPS) is 29.0. The zero-order valence-corrected chi connectivity index (χ0v) is 14.7. The minimum Gasteiger partial charge on any atom is -0.444 e. The summed E-state index contributed by atoms with van der Waals surface area (Å²) in [5.74, 6) is 0. The Morgan fingerprint density at radius 3 is 2.60 bits per heavy atom. The summed E-state index contributed by atoms with van der Waals surface area (Å²) in [6.07, 6.45) is 0.210. The first kappa shape index (κ1) is 17.6. The van der Waals surface area contributed by atoms with E-state index in [1.54, 1.807) is 23.1 Å². The number of nitrogens with zero attached hydrogens (tertiary/aromatic N) is 3. The molecule has 134 valence electrons. The summed E-state index contributed by atoms with van der Waals surface area (Å²) in [7, 11) is 0. The highest BCUT2D eigenvalue weighted by molar-refractivity contribution is 5.69. The lowest BCUT2D eigenvalue weighted by molar-refractivity contribution is -0.142. The second-order valence-corrected chi connectivity index (χ2v) is 7.69. The third kappa shape index (κ3) is 3.60. The predicted octanol–water partition coefficient (Wildman–Crippen LogP) is 1.94. The first-order valence-corrected chi connectivity index (χ1v) is 8.41. The quantitative estimate of drug-likeness (QED) is 0.836. The van der Waals surface area contributed by atoms with Crippen molar-refractivity contribution in [3.05, 3.63) is 29.6 Å². The maximum Gasteiger partial charge on any atom is 0.410 e. The van der Waals surface area contributed by atoms with Crippen LogP contribution in [0.1, 0.15) is 45.0 Å². The molecule has 0 radical (unpaired) electrons. The van der Waals surface area contributed by atoms with Crippen molar-refractivity contribution in [3.63, 3.8) is 0 Å². The molecule has 0 aromatic carbocycles. The number of rotatable bonds is 1. The lowest BCUT2D eigenvalue weighted by atomic mass is 9.79. The van der Waals surface area contributed by atoms with Gasteiger partial charge in [0.15, 0.2) is 0 Å². The summed E-state index contributed by atoms with van der Waals surface area (Å²) in [5, 5.41) is 20.2. The van der Waals surface area contributed by atoms with Gasteiger partial charge in [0.1, 0.15) is 23.0 Å². The highest BCUT2D eigenvalue weighted by Gasteiger charge is 2.50. The number of amides is 1. The lowest BCUT2D eigenvalue weighted by Crippen LogP contribution is -2.63. The summed E-state index contributed by atoms with van der Waals surface area (Å²) < 4.78 is 11.1. The summed E-state index contributed by atoms with van der Waals surface area (Å²) in [6.45, 7) is 6.17. The molecule has 2 atom stereocenters. The van der Waals surface area contributed by atoms with E-state index in [9.17, 15) is 9.90 Å². The third-order valence-electron chi connectivity index (χ3n) is 4.50. The van der Waals surface area contributed by atoms with Crippen molar-refractivity contribution >= 4 is 6.09 Å². The molecule has 1 N–H and O–H groups in total. The number of aliphatic hydroxyl groups is 1. The molecule has 2 aliphatic heterocycles. The van der Waals surface area contributed by atoms with Crippen molar-refractivity contribution in [1.82, 2.24) is 9.88 Å². The molecule has 1 aromatic heterocycles. The molecular weight excluding hydrogens is 322 g/mol. The molecule has 25 heavy (non-hydrogen) atoms. The van der Waals surface area contributed by atoms with Crippen molar-refractivity contribution in [2.45, 2.75) is 56.9 Å². The fourth-order valence-corrected chi connectivity index (χ4v) is 3.55. The van der Waals surface area contributed by atoms with Gasteiger partial charge in [0.05, 0.1) is 31.0 Å². The van der Waals surface area contributed by atoms with Crippen molar-refractivity contribution in [2.75, 3.05) is 13.2 Å². The van der Waals surface area contributed by atoms with Gasteiger partial charge in [-0.15, -0.1) is 0 Å². The van der Waals surface area contributed by atoms with Crippen molar-refractivity contribution in [3.8, 4) is 6.07 Å². The molecule has 2 unspecified atom stereocenters. The molecule has 3 heterocycles. The van der Waals surface area contributed by atoms with Crippen LogP contribution in [-0.2, 0) is 15.1 Å². The fraction of sp³-hybridized carbons (Fsp3) is 0.611. The molecule has 0 aliphatic carbocycles. The summed E-state index contributed by atoms with van der Waals surface area (Å²) in [5.41, 5.74) is -1.04. The van der Waals surface area contributed by atoms with Crippen LogP contribution < -0.4 is 0 Å². The maximum atomic E-state index is 12.6. The van der Waals surface area contributed by atoms with Gasteiger partial charge >= 0.3 is 6.09 Å². The van der Waals surface area contributed by atoms with E-state index < -0.39 is 11.2 Å². The van der Waals surface area contributed by atoms with Crippen molar-refractivity contribution < 1.29 is 19.4 Å². The minimum atomic E-state index is -1.19. The van der Waals surface area contributed by atoms with Gasteiger partial charge in [-0.2, -0.15) is 5.26 Å². The average molecular weight is 345 g/mol. The second kappa shape index (κ2) is 6.28. The van der Waals surface area contributed by atoms with Gasteiger partial charge < -0.3 is 14.6 Å². The van der Waals surface area contributed by atoms with E-state index in [1.807, 2.05) is 26.8 Å². The molecule has 2 saturated heterocycles. The van der Waals surface area contributed by atoms with Gasteiger partial charge in [0, 0.05) is 12.8 Å². The number of ether oxygens (including phenoxy) is 2. The van der Waals surface area contributed by atoms with Crippen LogP contribution in [0.2, 0.25) is 0 Å². The smallest absolute Gasteiger partial charge is 0.410 e. The zero-order chi connectivity index (χ0) is 18.2. The number of nitriles is 1. The van der Waals surface area contributed by atoms with E-state index in [1.165, 1.54) is 0 Å². The number of aromatic nitrogens is 1. The maximum absolute atomic E-state index is 12.6. The highest BCUT2D eigenvalue weighted by atomic mass is 16.6. The Hall–Kier alpha value is -2.17. The van der Waals surface area contributed by atoms with E-state index in [4.69, 9.17) is 14.7 Å². The van der Waals surface area contributed by atoms with Crippen molar-refractivity contribution in [1.29, 1.82) is 5.26 Å². The monoisotopic (exact) mass is 345 g/mol. The number of pyridine rings is 1. The zero-order valence-electron chi connectivity index (χ0n) is 14.7. The Kier molecular flexibility index (Phi) is 4.43. The molecular formula is C18H23N3O4. The van der Waals surface area contributed by atoms with Crippen LogP contribution in [-0.4, -0.2) is 52.0 Å². The van der Waals surface area contributed by atoms with Crippen LogP contribution in [0.15, 0.2) is 18.2 Å². The lowest BCUT2D eigenvalue weighted by Gasteiger charge is -2.51. The average Bonchev–Trinajstić information content (AvgIpc) is 2.52. The third-order valence-corrected chi connectivity index (χ3v) is 4.50.